The van der Waals surface area contributed by atoms with Gasteiger partial charge < -0.3 is 10.1 Å². The standard InChI is InChI=1S/C13H9N3O5S/c17-9-5-8-6-12(15-13(8)14-7-9)22(20,21)11-4-2-1-3-10(11)16(18)19/h1-7,17H,(H,14,15). The van der Waals surface area contributed by atoms with E-state index in [2.05, 4.69) is 9.97 Å². The number of nitro benzene ring substituents is 1. The van der Waals surface area contributed by atoms with Gasteiger partial charge in [0.25, 0.3) is 5.69 Å². The largest absolute Gasteiger partial charge is 0.506 e. The smallest absolute Gasteiger partial charge is 0.288 e. The number of aromatic nitrogens is 2. The molecule has 22 heavy (non-hydrogen) atoms. The van der Waals surface area contributed by atoms with Crippen LogP contribution in [0.3, 0.4) is 0 Å². The van der Waals surface area contributed by atoms with Crippen molar-refractivity contribution in [2.75, 3.05) is 0 Å². The highest BCUT2D eigenvalue weighted by atomic mass is 32.2. The molecule has 2 heterocycles. The van der Waals surface area contributed by atoms with Gasteiger partial charge in [-0.3, -0.25) is 10.1 Å². The van der Waals surface area contributed by atoms with Crippen molar-refractivity contribution in [1.29, 1.82) is 0 Å². The third-order valence-electron chi connectivity index (χ3n) is 3.07. The Bertz CT molecular complexity index is 994. The number of rotatable bonds is 3. The number of aromatic hydroxyl groups is 1. The number of nitro groups is 1. The molecule has 0 radical (unpaired) electrons. The van der Waals surface area contributed by atoms with Gasteiger partial charge in [0.2, 0.25) is 9.84 Å². The number of aromatic amines is 1. The van der Waals surface area contributed by atoms with Crippen molar-refractivity contribution in [2.45, 2.75) is 9.92 Å². The fourth-order valence-electron chi connectivity index (χ4n) is 2.08. The first-order valence-electron chi connectivity index (χ1n) is 6.06. The first-order valence-corrected chi connectivity index (χ1v) is 7.54. The number of sulfone groups is 1. The number of hydrogen-bond donors (Lipinski definition) is 2. The zero-order valence-corrected chi connectivity index (χ0v) is 11.7. The number of pyridine rings is 1. The Balaban J connectivity index is 2.22. The average molecular weight is 319 g/mol. The van der Waals surface area contributed by atoms with E-state index in [0.29, 0.717) is 5.39 Å². The number of nitrogens with one attached hydrogen (secondary N) is 1. The minimum absolute atomic E-state index is 0.110. The maximum atomic E-state index is 12.6. The molecule has 0 atom stereocenters. The lowest BCUT2D eigenvalue weighted by Crippen LogP contribution is -2.05. The van der Waals surface area contributed by atoms with Crippen LogP contribution in [0.5, 0.6) is 5.75 Å². The Morgan fingerprint density at radius 3 is 2.68 bits per heavy atom. The lowest BCUT2D eigenvalue weighted by Gasteiger charge is -2.02. The molecule has 0 fully saturated rings. The zero-order valence-electron chi connectivity index (χ0n) is 10.9. The van der Waals surface area contributed by atoms with E-state index in [1.807, 2.05) is 0 Å². The van der Waals surface area contributed by atoms with Crippen molar-refractivity contribution in [3.05, 3.63) is 52.7 Å². The van der Waals surface area contributed by atoms with Crippen LogP contribution in [-0.2, 0) is 9.84 Å². The molecule has 3 aromatic rings. The van der Waals surface area contributed by atoms with Crippen LogP contribution in [0.15, 0.2) is 52.5 Å². The van der Waals surface area contributed by atoms with Crippen molar-refractivity contribution in [1.82, 2.24) is 9.97 Å². The second kappa shape index (κ2) is 4.81. The molecule has 0 bridgehead atoms. The van der Waals surface area contributed by atoms with Crippen LogP contribution in [-0.4, -0.2) is 28.4 Å². The summed E-state index contributed by atoms with van der Waals surface area (Å²) in [4.78, 5) is 16.3. The summed E-state index contributed by atoms with van der Waals surface area (Å²) in [6.07, 6.45) is 1.17. The van der Waals surface area contributed by atoms with Gasteiger partial charge >= 0.3 is 0 Å². The summed E-state index contributed by atoms with van der Waals surface area (Å²) in [5.74, 6) is -0.110. The molecule has 1 aromatic carbocycles. The quantitative estimate of drug-likeness (QED) is 0.561. The van der Waals surface area contributed by atoms with Crippen LogP contribution in [0.4, 0.5) is 5.69 Å². The van der Waals surface area contributed by atoms with Crippen LogP contribution in [0.1, 0.15) is 0 Å². The normalized spacial score (nSPS) is 11.6. The highest BCUT2D eigenvalue weighted by Crippen LogP contribution is 2.30. The van der Waals surface area contributed by atoms with E-state index in [1.54, 1.807) is 0 Å². The third-order valence-corrected chi connectivity index (χ3v) is 4.80. The van der Waals surface area contributed by atoms with Gasteiger partial charge in [-0.2, -0.15) is 0 Å². The Morgan fingerprint density at radius 1 is 1.23 bits per heavy atom. The minimum atomic E-state index is -4.11. The van der Waals surface area contributed by atoms with Crippen LogP contribution in [0.25, 0.3) is 11.0 Å². The number of nitrogens with zero attached hydrogens (tertiary/aromatic N) is 2. The Kier molecular flexibility index (Phi) is 3.06. The van der Waals surface area contributed by atoms with Gasteiger partial charge in [0.1, 0.15) is 16.4 Å². The number of H-pyrrole nitrogens is 1. The molecule has 2 N–H and O–H groups in total. The predicted octanol–water partition coefficient (Wildman–Crippen LogP) is 2.01. The van der Waals surface area contributed by atoms with E-state index in [1.165, 1.54) is 36.5 Å². The minimum Gasteiger partial charge on any atom is -0.506 e. The molecule has 3 rings (SSSR count). The number of hydrogen-bond acceptors (Lipinski definition) is 6. The summed E-state index contributed by atoms with van der Waals surface area (Å²) in [5.41, 5.74) is -0.244. The molecule has 112 valence electrons. The van der Waals surface area contributed by atoms with Crippen molar-refractivity contribution >= 4 is 26.6 Å². The molecule has 0 amide bonds. The molecule has 0 aliphatic carbocycles. The molecule has 0 aliphatic heterocycles. The van der Waals surface area contributed by atoms with Crippen molar-refractivity contribution < 1.29 is 18.4 Å². The molecular formula is C13H9N3O5S. The van der Waals surface area contributed by atoms with E-state index in [0.717, 1.165) is 6.07 Å². The first kappa shape index (κ1) is 14.0. The van der Waals surface area contributed by atoms with E-state index in [4.69, 9.17) is 0 Å². The molecule has 0 aliphatic rings. The van der Waals surface area contributed by atoms with Crippen molar-refractivity contribution in [2.24, 2.45) is 0 Å². The van der Waals surface area contributed by atoms with Crippen LogP contribution in [0, 0.1) is 10.1 Å². The Morgan fingerprint density at radius 2 is 1.95 bits per heavy atom. The van der Waals surface area contributed by atoms with E-state index >= 15 is 0 Å². The van der Waals surface area contributed by atoms with E-state index in [9.17, 15) is 23.6 Å². The van der Waals surface area contributed by atoms with Gasteiger partial charge in [-0.25, -0.2) is 13.4 Å². The summed E-state index contributed by atoms with van der Waals surface area (Å²) in [6.45, 7) is 0. The maximum Gasteiger partial charge on any atom is 0.288 e. The maximum absolute atomic E-state index is 12.6. The molecule has 2 aromatic heterocycles. The molecule has 0 saturated heterocycles. The monoisotopic (exact) mass is 319 g/mol. The van der Waals surface area contributed by atoms with Crippen LogP contribution in [0.2, 0.25) is 0 Å². The SMILES string of the molecule is O=[N+]([O-])c1ccccc1S(=O)(=O)c1cc2cc(O)cnc2[nH]1. The fraction of sp³-hybridized carbons (Fsp3) is 0. The van der Waals surface area contributed by atoms with Gasteiger partial charge in [0, 0.05) is 11.5 Å². The Hall–Kier alpha value is -2.94. The van der Waals surface area contributed by atoms with Gasteiger partial charge in [-0.1, -0.05) is 12.1 Å². The molecule has 8 nitrogen and oxygen atoms in total. The predicted molar refractivity (Wildman–Crippen MR) is 76.3 cm³/mol. The highest BCUT2D eigenvalue weighted by molar-refractivity contribution is 7.91. The van der Waals surface area contributed by atoms with Gasteiger partial charge in [0.05, 0.1) is 11.1 Å². The molecular weight excluding hydrogens is 310 g/mol. The number of para-hydroxylation sites is 1. The lowest BCUT2D eigenvalue weighted by molar-refractivity contribution is -0.387. The average Bonchev–Trinajstić information content (AvgIpc) is 2.91. The summed E-state index contributed by atoms with van der Waals surface area (Å²) in [5, 5.41) is 20.5. The summed E-state index contributed by atoms with van der Waals surface area (Å²) < 4.78 is 25.2. The van der Waals surface area contributed by atoms with Gasteiger partial charge in [0.15, 0.2) is 4.90 Å². The lowest BCUT2D eigenvalue weighted by atomic mass is 10.3. The molecule has 0 spiro atoms. The molecule has 0 unspecified atom stereocenters. The van der Waals surface area contributed by atoms with Gasteiger partial charge in [-0.15, -0.1) is 0 Å². The van der Waals surface area contributed by atoms with Gasteiger partial charge in [-0.05, 0) is 18.2 Å². The second-order valence-electron chi connectivity index (χ2n) is 4.49. The van der Waals surface area contributed by atoms with E-state index in [-0.39, 0.29) is 16.4 Å². The molecule has 0 saturated carbocycles. The summed E-state index contributed by atoms with van der Waals surface area (Å²) >= 11 is 0. The summed E-state index contributed by atoms with van der Waals surface area (Å²) in [6, 6.07) is 7.71. The number of benzene rings is 1. The molecule has 9 heteroatoms. The highest BCUT2D eigenvalue weighted by Gasteiger charge is 2.28. The summed E-state index contributed by atoms with van der Waals surface area (Å²) in [7, 11) is -4.11. The second-order valence-corrected chi connectivity index (χ2v) is 6.38. The first-order chi connectivity index (χ1) is 10.4. The third kappa shape index (κ3) is 2.17. The van der Waals surface area contributed by atoms with Crippen LogP contribution < -0.4 is 0 Å². The topological polar surface area (TPSA) is 126 Å². The Labute approximate surface area is 124 Å². The van der Waals surface area contributed by atoms with Crippen molar-refractivity contribution in [3.8, 4) is 5.75 Å². The fourth-order valence-corrected chi connectivity index (χ4v) is 3.50. The zero-order chi connectivity index (χ0) is 15.9. The van der Waals surface area contributed by atoms with Crippen LogP contribution >= 0.6 is 0 Å². The van der Waals surface area contributed by atoms with E-state index < -0.39 is 25.3 Å². The number of fused-ring (bicyclic) bond motifs is 1. The van der Waals surface area contributed by atoms with Crippen molar-refractivity contribution in [3.63, 3.8) is 0 Å².